The highest BCUT2D eigenvalue weighted by molar-refractivity contribution is 5.37. The number of hydrogen-bond acceptors (Lipinski definition) is 7. The van der Waals surface area contributed by atoms with Crippen molar-refractivity contribution in [3.05, 3.63) is 0 Å². The molecule has 1 heterocycles. The molecule has 0 aromatic carbocycles. The lowest BCUT2D eigenvalue weighted by atomic mass is 9.99. The summed E-state index contributed by atoms with van der Waals surface area (Å²) in [4.78, 5) is 9.98. The van der Waals surface area contributed by atoms with Crippen LogP contribution in [0.2, 0.25) is 0 Å². The molecule has 1 aliphatic rings. The molecule has 0 amide bonds. The highest BCUT2D eigenvalue weighted by Gasteiger charge is 2.44. The van der Waals surface area contributed by atoms with Crippen molar-refractivity contribution in [2.75, 3.05) is 6.61 Å². The minimum absolute atomic E-state index is 0.0484. The summed E-state index contributed by atoms with van der Waals surface area (Å²) >= 11 is 0. The van der Waals surface area contributed by atoms with Crippen molar-refractivity contribution < 1.29 is 34.7 Å². The first kappa shape index (κ1) is 11.3. The van der Waals surface area contributed by atoms with Gasteiger partial charge in [-0.25, -0.2) is 0 Å². The van der Waals surface area contributed by atoms with Crippen LogP contribution in [0, 0.1) is 0 Å². The van der Waals surface area contributed by atoms with E-state index in [-0.39, 0.29) is 6.47 Å². The minimum Gasteiger partial charge on any atom is -0.435 e. The standard InChI is InChI=1S/C7H12O7/c8-1-3-4(10)5(11)6(12)7(14-3)13-2-9/h2-8,10-12H,1H2/t3?,4-,5?,6?,7-/m1/s1. The fourth-order valence-corrected chi connectivity index (χ4v) is 1.23. The van der Waals surface area contributed by atoms with Gasteiger partial charge in [-0.3, -0.25) is 4.79 Å². The molecule has 7 nitrogen and oxygen atoms in total. The maximum atomic E-state index is 9.98. The maximum Gasteiger partial charge on any atom is 0.295 e. The molecule has 7 heteroatoms. The highest BCUT2D eigenvalue weighted by atomic mass is 16.7. The molecule has 0 radical (unpaired) electrons. The summed E-state index contributed by atoms with van der Waals surface area (Å²) in [6, 6.07) is 0. The van der Waals surface area contributed by atoms with Gasteiger partial charge in [-0.1, -0.05) is 0 Å². The van der Waals surface area contributed by atoms with Gasteiger partial charge in [0.25, 0.3) is 6.47 Å². The summed E-state index contributed by atoms with van der Waals surface area (Å²) in [5.74, 6) is 0. The Kier molecular flexibility index (Phi) is 3.78. The SMILES string of the molecule is O=CO[C@@H]1OC(CO)[C@@H](O)C(O)C1O. The molecule has 0 saturated carbocycles. The number of aliphatic hydroxyl groups is 4. The van der Waals surface area contributed by atoms with Gasteiger partial charge in [0.15, 0.2) is 0 Å². The zero-order valence-electron chi connectivity index (χ0n) is 7.18. The first-order valence-corrected chi connectivity index (χ1v) is 4.01. The molecule has 1 saturated heterocycles. The Bertz CT molecular complexity index is 194. The van der Waals surface area contributed by atoms with Crippen LogP contribution in [0.1, 0.15) is 0 Å². The number of hydrogen-bond donors (Lipinski definition) is 4. The summed E-state index contributed by atoms with van der Waals surface area (Å²) in [5, 5.41) is 36.5. The van der Waals surface area contributed by atoms with E-state index in [0.29, 0.717) is 0 Å². The van der Waals surface area contributed by atoms with Crippen molar-refractivity contribution >= 4 is 6.47 Å². The van der Waals surface area contributed by atoms with Crippen molar-refractivity contribution in [3.63, 3.8) is 0 Å². The number of carbonyl (C=O) groups is 1. The van der Waals surface area contributed by atoms with Crippen molar-refractivity contribution in [1.82, 2.24) is 0 Å². The van der Waals surface area contributed by atoms with Gasteiger partial charge in [-0.15, -0.1) is 0 Å². The zero-order valence-corrected chi connectivity index (χ0v) is 7.18. The predicted octanol–water partition coefficient (Wildman–Crippen LogP) is -3.04. The fraction of sp³-hybridized carbons (Fsp3) is 0.857. The summed E-state index contributed by atoms with van der Waals surface area (Å²) in [5.41, 5.74) is 0. The van der Waals surface area contributed by atoms with Gasteiger partial charge < -0.3 is 29.9 Å². The predicted molar refractivity (Wildman–Crippen MR) is 40.9 cm³/mol. The Labute approximate surface area is 79.5 Å². The van der Waals surface area contributed by atoms with Crippen molar-refractivity contribution in [1.29, 1.82) is 0 Å². The monoisotopic (exact) mass is 208 g/mol. The highest BCUT2D eigenvalue weighted by Crippen LogP contribution is 2.21. The fourth-order valence-electron chi connectivity index (χ4n) is 1.23. The average Bonchev–Trinajstić information content (AvgIpc) is 2.19. The van der Waals surface area contributed by atoms with Gasteiger partial charge in [-0.2, -0.15) is 0 Å². The molecule has 14 heavy (non-hydrogen) atoms. The van der Waals surface area contributed by atoms with E-state index in [4.69, 9.17) is 9.84 Å². The first-order chi connectivity index (χ1) is 6.61. The van der Waals surface area contributed by atoms with Crippen molar-refractivity contribution in [3.8, 4) is 0 Å². The third-order valence-electron chi connectivity index (χ3n) is 2.04. The molecule has 4 N–H and O–H groups in total. The normalized spacial score (nSPS) is 43.3. The first-order valence-electron chi connectivity index (χ1n) is 4.01. The molecule has 0 aliphatic carbocycles. The molecule has 1 aliphatic heterocycles. The molecular weight excluding hydrogens is 196 g/mol. The molecule has 1 rings (SSSR count). The van der Waals surface area contributed by atoms with E-state index in [2.05, 4.69) is 4.74 Å². The number of rotatable bonds is 3. The lowest BCUT2D eigenvalue weighted by molar-refractivity contribution is -0.288. The van der Waals surface area contributed by atoms with E-state index in [1.165, 1.54) is 0 Å². The van der Waals surface area contributed by atoms with E-state index in [1.807, 2.05) is 0 Å². The second-order valence-corrected chi connectivity index (χ2v) is 2.93. The molecule has 0 spiro atoms. The quantitative estimate of drug-likeness (QED) is 0.364. The molecular formula is C7H12O7. The number of aliphatic hydroxyl groups excluding tert-OH is 4. The maximum absolute atomic E-state index is 9.98. The van der Waals surface area contributed by atoms with Crippen LogP contribution < -0.4 is 0 Å². The van der Waals surface area contributed by atoms with Gasteiger partial charge in [-0.05, 0) is 0 Å². The third-order valence-corrected chi connectivity index (χ3v) is 2.04. The van der Waals surface area contributed by atoms with E-state index in [0.717, 1.165) is 0 Å². The van der Waals surface area contributed by atoms with Crippen LogP contribution in [-0.2, 0) is 14.3 Å². The van der Waals surface area contributed by atoms with E-state index < -0.39 is 37.3 Å². The van der Waals surface area contributed by atoms with E-state index >= 15 is 0 Å². The Morgan fingerprint density at radius 1 is 1.21 bits per heavy atom. The number of carbonyl (C=O) groups excluding carboxylic acids is 1. The molecule has 0 bridgehead atoms. The third kappa shape index (κ3) is 2.02. The largest absolute Gasteiger partial charge is 0.435 e. The van der Waals surface area contributed by atoms with Crippen LogP contribution in [0.5, 0.6) is 0 Å². The number of ether oxygens (including phenoxy) is 2. The van der Waals surface area contributed by atoms with Crippen molar-refractivity contribution in [2.45, 2.75) is 30.7 Å². The summed E-state index contributed by atoms with van der Waals surface area (Å²) in [7, 11) is 0. The van der Waals surface area contributed by atoms with Gasteiger partial charge >= 0.3 is 0 Å². The Hall–Kier alpha value is -0.730. The topological polar surface area (TPSA) is 116 Å². The molecule has 3 unspecified atom stereocenters. The van der Waals surface area contributed by atoms with E-state index in [9.17, 15) is 20.1 Å². The lowest BCUT2D eigenvalue weighted by Crippen LogP contribution is -2.59. The van der Waals surface area contributed by atoms with Gasteiger partial charge in [0.1, 0.15) is 24.4 Å². The van der Waals surface area contributed by atoms with E-state index in [1.54, 1.807) is 0 Å². The van der Waals surface area contributed by atoms with Crippen LogP contribution in [0.4, 0.5) is 0 Å². The Morgan fingerprint density at radius 2 is 1.86 bits per heavy atom. The van der Waals surface area contributed by atoms with Crippen LogP contribution in [0.3, 0.4) is 0 Å². The smallest absolute Gasteiger partial charge is 0.295 e. The molecule has 82 valence electrons. The zero-order chi connectivity index (χ0) is 10.7. The average molecular weight is 208 g/mol. The second-order valence-electron chi connectivity index (χ2n) is 2.93. The summed E-state index contributed by atoms with van der Waals surface area (Å²) < 4.78 is 9.12. The molecule has 1 fully saturated rings. The molecule has 5 atom stereocenters. The Balaban J connectivity index is 2.67. The molecule has 0 aromatic rings. The van der Waals surface area contributed by atoms with Gasteiger partial charge in [0, 0.05) is 0 Å². The Morgan fingerprint density at radius 3 is 2.36 bits per heavy atom. The van der Waals surface area contributed by atoms with Crippen LogP contribution >= 0.6 is 0 Å². The van der Waals surface area contributed by atoms with Crippen LogP contribution in [0.15, 0.2) is 0 Å². The lowest BCUT2D eigenvalue weighted by Gasteiger charge is -2.38. The van der Waals surface area contributed by atoms with Crippen LogP contribution in [-0.4, -0.2) is 64.2 Å². The van der Waals surface area contributed by atoms with Crippen LogP contribution in [0.25, 0.3) is 0 Å². The van der Waals surface area contributed by atoms with Gasteiger partial charge in [0.2, 0.25) is 6.29 Å². The van der Waals surface area contributed by atoms with Gasteiger partial charge in [0.05, 0.1) is 6.61 Å². The summed E-state index contributed by atoms with van der Waals surface area (Å²) in [6.45, 7) is -0.504. The van der Waals surface area contributed by atoms with Crippen molar-refractivity contribution in [2.24, 2.45) is 0 Å². The minimum atomic E-state index is -1.53. The molecule has 0 aromatic heterocycles. The second kappa shape index (κ2) is 4.67. The summed E-state index contributed by atoms with van der Waals surface area (Å²) in [6.07, 6.45) is -6.92.